The highest BCUT2D eigenvalue weighted by Crippen LogP contribution is 2.25. The molecule has 1 heterocycles. The van der Waals surface area contributed by atoms with Gasteiger partial charge in [0, 0.05) is 20.5 Å². The van der Waals surface area contributed by atoms with Gasteiger partial charge < -0.3 is 19.5 Å². The van der Waals surface area contributed by atoms with E-state index in [1.807, 2.05) is 13.8 Å². The van der Waals surface area contributed by atoms with E-state index in [-0.39, 0.29) is 12.0 Å². The minimum Gasteiger partial charge on any atom is -0.390 e. The Hall–Kier alpha value is -0.910. The second-order valence-electron chi connectivity index (χ2n) is 5.13. The molecule has 1 aliphatic rings. The number of ether oxygens (including phenoxy) is 2. The molecule has 0 radical (unpaired) electrons. The van der Waals surface area contributed by atoms with Crippen LogP contribution in [0.2, 0.25) is 0 Å². The van der Waals surface area contributed by atoms with Gasteiger partial charge in [0.2, 0.25) is 5.91 Å². The van der Waals surface area contributed by atoms with Gasteiger partial charge in [-0.15, -0.1) is 0 Å². The second kappa shape index (κ2) is 6.31. The Morgan fingerprint density at radius 3 is 2.67 bits per heavy atom. The first kappa shape index (κ1) is 15.1. The summed E-state index contributed by atoms with van der Waals surface area (Å²) < 4.78 is 10.9. The van der Waals surface area contributed by atoms with E-state index in [0.717, 1.165) is 0 Å². The number of carbonyl (C=O) groups is 1. The first-order valence-corrected chi connectivity index (χ1v) is 6.17. The van der Waals surface area contributed by atoms with Crippen LogP contribution in [0.15, 0.2) is 12.2 Å². The Morgan fingerprint density at radius 2 is 2.17 bits per heavy atom. The van der Waals surface area contributed by atoms with Crippen molar-refractivity contribution in [3.63, 3.8) is 0 Å². The van der Waals surface area contributed by atoms with E-state index in [9.17, 15) is 9.90 Å². The van der Waals surface area contributed by atoms with E-state index in [1.165, 1.54) is 4.90 Å². The van der Waals surface area contributed by atoms with Crippen LogP contribution in [0.3, 0.4) is 0 Å². The predicted octanol–water partition coefficient (Wildman–Crippen LogP) is 0.923. The standard InChI is InChI=1S/C13H23NO4/c1-13(2)17-9-11(18-13)10(15)7-5-6-8-12(16)14(3)4/h5-6,10-11,15H,7-9H2,1-4H3/b6-5-/t10-,11+/m0/s1. The molecule has 0 saturated carbocycles. The van der Waals surface area contributed by atoms with Gasteiger partial charge in [-0.2, -0.15) is 0 Å². The highest BCUT2D eigenvalue weighted by Gasteiger charge is 2.36. The number of nitrogens with zero attached hydrogens (tertiary/aromatic N) is 1. The molecule has 0 aliphatic carbocycles. The third kappa shape index (κ3) is 4.76. The third-order valence-electron chi connectivity index (χ3n) is 2.80. The zero-order valence-corrected chi connectivity index (χ0v) is 11.5. The Kier molecular flexibility index (Phi) is 5.31. The summed E-state index contributed by atoms with van der Waals surface area (Å²) in [4.78, 5) is 12.8. The van der Waals surface area contributed by atoms with Crippen molar-refractivity contribution < 1.29 is 19.4 Å². The largest absolute Gasteiger partial charge is 0.390 e. The van der Waals surface area contributed by atoms with Gasteiger partial charge in [0.1, 0.15) is 6.10 Å². The minimum atomic E-state index is -0.615. The first-order valence-electron chi connectivity index (χ1n) is 6.17. The molecule has 1 fully saturated rings. The van der Waals surface area contributed by atoms with E-state index in [4.69, 9.17) is 9.47 Å². The third-order valence-corrected chi connectivity index (χ3v) is 2.80. The molecule has 1 N–H and O–H groups in total. The number of aliphatic hydroxyl groups is 1. The molecule has 0 aromatic carbocycles. The lowest BCUT2D eigenvalue weighted by molar-refractivity contribution is -0.150. The number of carbonyl (C=O) groups excluding carboxylic acids is 1. The van der Waals surface area contributed by atoms with Crippen LogP contribution in [0.5, 0.6) is 0 Å². The summed E-state index contributed by atoms with van der Waals surface area (Å²) in [5.41, 5.74) is 0. The molecule has 2 atom stereocenters. The monoisotopic (exact) mass is 257 g/mol. The fraction of sp³-hybridized carbons (Fsp3) is 0.769. The second-order valence-corrected chi connectivity index (χ2v) is 5.13. The van der Waals surface area contributed by atoms with Crippen LogP contribution in [0.4, 0.5) is 0 Å². The SMILES string of the molecule is CN(C)C(=O)C/C=C\C[C@H](O)[C@H]1COC(C)(C)O1. The van der Waals surface area contributed by atoms with E-state index in [2.05, 4.69) is 0 Å². The van der Waals surface area contributed by atoms with Crippen molar-refractivity contribution in [3.05, 3.63) is 12.2 Å². The first-order chi connectivity index (χ1) is 8.32. The number of hydrogen-bond acceptors (Lipinski definition) is 4. The Balaban J connectivity index is 2.27. The molecule has 1 aliphatic heterocycles. The maximum Gasteiger partial charge on any atom is 0.225 e. The molecule has 0 unspecified atom stereocenters. The highest BCUT2D eigenvalue weighted by molar-refractivity contribution is 5.76. The molecule has 1 saturated heterocycles. The van der Waals surface area contributed by atoms with E-state index < -0.39 is 11.9 Å². The van der Waals surface area contributed by atoms with Crippen molar-refractivity contribution >= 4 is 5.91 Å². The van der Waals surface area contributed by atoms with Gasteiger partial charge in [0.15, 0.2) is 5.79 Å². The smallest absolute Gasteiger partial charge is 0.225 e. The number of aliphatic hydroxyl groups excluding tert-OH is 1. The maximum atomic E-state index is 11.3. The Bertz CT molecular complexity index is 312. The number of amides is 1. The van der Waals surface area contributed by atoms with Crippen molar-refractivity contribution in [2.45, 2.75) is 44.7 Å². The van der Waals surface area contributed by atoms with Crippen LogP contribution in [-0.4, -0.2) is 54.6 Å². The van der Waals surface area contributed by atoms with Crippen LogP contribution < -0.4 is 0 Å². The van der Waals surface area contributed by atoms with Crippen molar-refractivity contribution in [2.24, 2.45) is 0 Å². The van der Waals surface area contributed by atoms with Crippen molar-refractivity contribution in [1.29, 1.82) is 0 Å². The molecule has 0 spiro atoms. The van der Waals surface area contributed by atoms with Crippen LogP contribution in [-0.2, 0) is 14.3 Å². The van der Waals surface area contributed by atoms with Crippen LogP contribution in [0, 0.1) is 0 Å². The Morgan fingerprint density at radius 1 is 1.50 bits per heavy atom. The lowest BCUT2D eigenvalue weighted by Crippen LogP contribution is -2.30. The molecule has 5 nitrogen and oxygen atoms in total. The normalized spacial score (nSPS) is 24.4. The molecule has 0 aromatic rings. The fourth-order valence-corrected chi connectivity index (χ4v) is 1.66. The topological polar surface area (TPSA) is 59.0 Å². The summed E-state index contributed by atoms with van der Waals surface area (Å²) >= 11 is 0. The van der Waals surface area contributed by atoms with E-state index in [1.54, 1.807) is 26.2 Å². The summed E-state index contributed by atoms with van der Waals surface area (Å²) in [5.74, 6) is -0.571. The summed E-state index contributed by atoms with van der Waals surface area (Å²) in [5, 5.41) is 9.90. The van der Waals surface area contributed by atoms with Gasteiger partial charge in [0.25, 0.3) is 0 Å². The van der Waals surface area contributed by atoms with Crippen molar-refractivity contribution in [1.82, 2.24) is 4.90 Å². The van der Waals surface area contributed by atoms with Crippen molar-refractivity contribution in [2.75, 3.05) is 20.7 Å². The van der Waals surface area contributed by atoms with Gasteiger partial charge in [-0.25, -0.2) is 0 Å². The quantitative estimate of drug-likeness (QED) is 0.744. The van der Waals surface area contributed by atoms with Gasteiger partial charge >= 0.3 is 0 Å². The van der Waals surface area contributed by atoms with Gasteiger partial charge in [-0.3, -0.25) is 4.79 Å². The van der Waals surface area contributed by atoms with Crippen LogP contribution in [0.25, 0.3) is 0 Å². The zero-order chi connectivity index (χ0) is 13.8. The average Bonchev–Trinajstić information content (AvgIpc) is 2.64. The van der Waals surface area contributed by atoms with Crippen molar-refractivity contribution in [3.8, 4) is 0 Å². The predicted molar refractivity (Wildman–Crippen MR) is 68.0 cm³/mol. The van der Waals surface area contributed by atoms with E-state index in [0.29, 0.717) is 19.4 Å². The lowest BCUT2D eigenvalue weighted by Gasteiger charge is -2.19. The zero-order valence-electron chi connectivity index (χ0n) is 11.5. The maximum absolute atomic E-state index is 11.3. The van der Waals surface area contributed by atoms with E-state index >= 15 is 0 Å². The molecular formula is C13H23NO4. The van der Waals surface area contributed by atoms with Gasteiger partial charge in [0.05, 0.1) is 12.7 Å². The fourth-order valence-electron chi connectivity index (χ4n) is 1.66. The average molecular weight is 257 g/mol. The highest BCUT2D eigenvalue weighted by atomic mass is 16.7. The van der Waals surface area contributed by atoms with Gasteiger partial charge in [-0.05, 0) is 20.3 Å². The minimum absolute atomic E-state index is 0.0438. The molecule has 18 heavy (non-hydrogen) atoms. The summed E-state index contributed by atoms with van der Waals surface area (Å²) in [7, 11) is 3.44. The Labute approximate surface area is 108 Å². The van der Waals surface area contributed by atoms with Crippen LogP contribution >= 0.6 is 0 Å². The molecule has 5 heteroatoms. The summed E-state index contributed by atoms with van der Waals surface area (Å²) in [6.07, 6.45) is 3.50. The van der Waals surface area contributed by atoms with Gasteiger partial charge in [-0.1, -0.05) is 12.2 Å². The summed E-state index contributed by atoms with van der Waals surface area (Å²) in [6.45, 7) is 4.05. The number of rotatable bonds is 5. The summed E-state index contributed by atoms with van der Waals surface area (Å²) in [6, 6.07) is 0. The molecule has 1 amide bonds. The molecule has 0 bridgehead atoms. The molecule has 104 valence electrons. The molecular weight excluding hydrogens is 234 g/mol. The molecule has 0 aromatic heterocycles. The lowest BCUT2D eigenvalue weighted by atomic mass is 10.1. The van der Waals surface area contributed by atoms with Crippen LogP contribution in [0.1, 0.15) is 26.7 Å². The molecule has 1 rings (SSSR count). The number of hydrogen-bond donors (Lipinski definition) is 1.